The third-order valence-corrected chi connectivity index (χ3v) is 4.97. The van der Waals surface area contributed by atoms with Crippen LogP contribution in [0.4, 0.5) is 5.13 Å². The Bertz CT molecular complexity index is 460. The third kappa shape index (κ3) is 4.14. The van der Waals surface area contributed by atoms with Crippen LogP contribution in [0.15, 0.2) is 0 Å². The maximum atomic E-state index is 5.96. The zero-order valence-corrected chi connectivity index (χ0v) is 13.9. The van der Waals surface area contributed by atoms with Crippen LogP contribution in [-0.4, -0.2) is 41.2 Å². The van der Waals surface area contributed by atoms with Gasteiger partial charge >= 0.3 is 0 Å². The molecule has 2 aliphatic rings. The predicted molar refractivity (Wildman–Crippen MR) is 84.0 cm³/mol. The van der Waals surface area contributed by atoms with Crippen molar-refractivity contribution >= 4 is 16.5 Å². The second-order valence-electron chi connectivity index (χ2n) is 7.00. The SMILES string of the molecule is CC(C)(C)OC1CC(Nc2nnc(C3CCOCC3)s2)C1. The lowest BCUT2D eigenvalue weighted by Gasteiger charge is -2.39. The zero-order chi connectivity index (χ0) is 14.9. The van der Waals surface area contributed by atoms with E-state index in [4.69, 9.17) is 9.47 Å². The first-order chi connectivity index (χ1) is 9.99. The molecule has 1 saturated heterocycles. The fourth-order valence-corrected chi connectivity index (χ4v) is 3.85. The lowest BCUT2D eigenvalue weighted by molar-refractivity contribution is -0.0953. The summed E-state index contributed by atoms with van der Waals surface area (Å²) in [6.07, 6.45) is 4.64. The summed E-state index contributed by atoms with van der Waals surface area (Å²) < 4.78 is 11.4. The number of ether oxygens (including phenoxy) is 2. The van der Waals surface area contributed by atoms with Gasteiger partial charge in [-0.1, -0.05) is 11.3 Å². The van der Waals surface area contributed by atoms with Crippen molar-refractivity contribution in [2.24, 2.45) is 0 Å². The van der Waals surface area contributed by atoms with Crippen LogP contribution in [0, 0.1) is 0 Å². The summed E-state index contributed by atoms with van der Waals surface area (Å²) in [6, 6.07) is 0.479. The minimum Gasteiger partial charge on any atom is -0.381 e. The molecule has 0 aromatic carbocycles. The molecule has 1 N–H and O–H groups in total. The third-order valence-electron chi connectivity index (χ3n) is 3.95. The van der Waals surface area contributed by atoms with Gasteiger partial charge in [0.05, 0.1) is 11.7 Å². The Morgan fingerprint density at radius 2 is 1.90 bits per heavy atom. The Labute approximate surface area is 130 Å². The molecule has 0 bridgehead atoms. The first kappa shape index (κ1) is 15.2. The van der Waals surface area contributed by atoms with Crippen LogP contribution in [0.3, 0.4) is 0 Å². The molecule has 1 saturated carbocycles. The molecule has 2 fully saturated rings. The highest BCUT2D eigenvalue weighted by Crippen LogP contribution is 2.34. The Kier molecular flexibility index (Phi) is 4.47. The number of anilines is 1. The molecule has 2 heterocycles. The van der Waals surface area contributed by atoms with Gasteiger partial charge in [-0.2, -0.15) is 0 Å². The summed E-state index contributed by atoms with van der Waals surface area (Å²) in [7, 11) is 0. The summed E-state index contributed by atoms with van der Waals surface area (Å²) in [5.74, 6) is 0.533. The van der Waals surface area contributed by atoms with Gasteiger partial charge in [-0.3, -0.25) is 0 Å². The van der Waals surface area contributed by atoms with Crippen molar-refractivity contribution in [3.05, 3.63) is 5.01 Å². The second kappa shape index (κ2) is 6.18. The number of nitrogens with one attached hydrogen (secondary N) is 1. The molecule has 0 atom stereocenters. The van der Waals surface area contributed by atoms with E-state index < -0.39 is 0 Å². The maximum Gasteiger partial charge on any atom is 0.205 e. The van der Waals surface area contributed by atoms with E-state index in [9.17, 15) is 0 Å². The van der Waals surface area contributed by atoms with Gasteiger partial charge in [0.1, 0.15) is 5.01 Å². The largest absolute Gasteiger partial charge is 0.381 e. The minimum atomic E-state index is -0.0470. The normalized spacial score (nSPS) is 27.4. The fourth-order valence-electron chi connectivity index (χ4n) is 2.86. The lowest BCUT2D eigenvalue weighted by Crippen LogP contribution is -2.44. The number of hydrogen-bond donors (Lipinski definition) is 1. The molecule has 0 radical (unpaired) electrons. The number of hydrogen-bond acceptors (Lipinski definition) is 6. The second-order valence-corrected chi connectivity index (χ2v) is 8.01. The van der Waals surface area contributed by atoms with E-state index in [2.05, 4.69) is 36.3 Å². The van der Waals surface area contributed by atoms with Gasteiger partial charge < -0.3 is 14.8 Å². The molecule has 6 heteroatoms. The van der Waals surface area contributed by atoms with Crippen molar-refractivity contribution in [2.75, 3.05) is 18.5 Å². The van der Waals surface area contributed by atoms with Crippen molar-refractivity contribution in [3.63, 3.8) is 0 Å². The van der Waals surface area contributed by atoms with E-state index in [1.54, 1.807) is 11.3 Å². The van der Waals surface area contributed by atoms with Gasteiger partial charge in [-0.25, -0.2) is 0 Å². The van der Waals surface area contributed by atoms with Gasteiger partial charge in [-0.15, -0.1) is 10.2 Å². The van der Waals surface area contributed by atoms with Gasteiger partial charge in [0, 0.05) is 25.2 Å². The Morgan fingerprint density at radius 1 is 1.19 bits per heavy atom. The standard InChI is InChI=1S/C15H25N3O2S/c1-15(2,3)20-12-8-11(9-12)16-14-18-17-13(21-14)10-4-6-19-7-5-10/h10-12H,4-9H2,1-3H3,(H,16,18). The molecule has 0 spiro atoms. The van der Waals surface area contributed by atoms with E-state index in [1.165, 1.54) is 0 Å². The average Bonchev–Trinajstić information content (AvgIpc) is 2.84. The highest BCUT2D eigenvalue weighted by atomic mass is 32.1. The monoisotopic (exact) mass is 311 g/mol. The fraction of sp³-hybridized carbons (Fsp3) is 0.867. The number of aromatic nitrogens is 2. The Balaban J connectivity index is 1.46. The van der Waals surface area contributed by atoms with Crippen molar-refractivity contribution in [2.45, 2.75) is 70.1 Å². The molecule has 1 aromatic rings. The molecule has 1 aliphatic heterocycles. The van der Waals surface area contributed by atoms with E-state index in [-0.39, 0.29) is 5.60 Å². The van der Waals surface area contributed by atoms with Crippen LogP contribution < -0.4 is 5.32 Å². The molecule has 1 aromatic heterocycles. The number of rotatable bonds is 4. The van der Waals surface area contributed by atoms with Gasteiger partial charge in [-0.05, 0) is 46.5 Å². The molecular weight excluding hydrogens is 286 g/mol. The number of nitrogens with zero attached hydrogens (tertiary/aromatic N) is 2. The van der Waals surface area contributed by atoms with Crippen LogP contribution in [0.2, 0.25) is 0 Å². The lowest BCUT2D eigenvalue weighted by atomic mass is 9.89. The van der Waals surface area contributed by atoms with Crippen molar-refractivity contribution < 1.29 is 9.47 Å². The first-order valence-electron chi connectivity index (χ1n) is 7.85. The summed E-state index contributed by atoms with van der Waals surface area (Å²) in [4.78, 5) is 0. The minimum absolute atomic E-state index is 0.0470. The molecule has 3 rings (SSSR count). The van der Waals surface area contributed by atoms with Crippen LogP contribution >= 0.6 is 11.3 Å². The van der Waals surface area contributed by atoms with E-state index >= 15 is 0 Å². The van der Waals surface area contributed by atoms with E-state index in [0.29, 0.717) is 18.1 Å². The molecule has 1 aliphatic carbocycles. The van der Waals surface area contributed by atoms with E-state index in [0.717, 1.165) is 49.0 Å². The summed E-state index contributed by atoms with van der Waals surface area (Å²) in [5.41, 5.74) is -0.0470. The molecule has 0 amide bonds. The van der Waals surface area contributed by atoms with Gasteiger partial charge in [0.2, 0.25) is 5.13 Å². The molecular formula is C15H25N3O2S. The van der Waals surface area contributed by atoms with Crippen LogP contribution in [0.5, 0.6) is 0 Å². The highest BCUT2D eigenvalue weighted by Gasteiger charge is 2.33. The van der Waals surface area contributed by atoms with Crippen molar-refractivity contribution in [3.8, 4) is 0 Å². The zero-order valence-electron chi connectivity index (χ0n) is 13.1. The molecule has 21 heavy (non-hydrogen) atoms. The topological polar surface area (TPSA) is 56.3 Å². The molecule has 118 valence electrons. The summed E-state index contributed by atoms with van der Waals surface area (Å²) in [5, 5.41) is 14.2. The van der Waals surface area contributed by atoms with Gasteiger partial charge in [0.15, 0.2) is 0 Å². The van der Waals surface area contributed by atoms with Crippen LogP contribution in [0.1, 0.15) is 57.4 Å². The molecule has 5 nitrogen and oxygen atoms in total. The first-order valence-corrected chi connectivity index (χ1v) is 8.67. The summed E-state index contributed by atoms with van der Waals surface area (Å²) in [6.45, 7) is 8.03. The Morgan fingerprint density at radius 3 is 2.57 bits per heavy atom. The maximum absolute atomic E-state index is 5.96. The van der Waals surface area contributed by atoms with Crippen LogP contribution in [-0.2, 0) is 9.47 Å². The van der Waals surface area contributed by atoms with Crippen molar-refractivity contribution in [1.29, 1.82) is 0 Å². The highest BCUT2D eigenvalue weighted by molar-refractivity contribution is 7.15. The predicted octanol–water partition coefficient (Wildman–Crippen LogP) is 3.19. The smallest absolute Gasteiger partial charge is 0.205 e. The van der Waals surface area contributed by atoms with Gasteiger partial charge in [0.25, 0.3) is 0 Å². The average molecular weight is 311 g/mol. The van der Waals surface area contributed by atoms with Crippen LogP contribution in [0.25, 0.3) is 0 Å². The van der Waals surface area contributed by atoms with Crippen molar-refractivity contribution in [1.82, 2.24) is 10.2 Å². The quantitative estimate of drug-likeness (QED) is 0.925. The van der Waals surface area contributed by atoms with E-state index in [1.807, 2.05) is 0 Å². The summed E-state index contributed by atoms with van der Waals surface area (Å²) >= 11 is 1.70. The Hall–Kier alpha value is -0.720. The molecule has 0 unspecified atom stereocenters.